The van der Waals surface area contributed by atoms with Crippen LogP contribution in [-0.2, 0) is 11.2 Å². The lowest BCUT2D eigenvalue weighted by molar-refractivity contribution is -0.137. The Balaban J connectivity index is 2.51. The number of phenolic OH excluding ortho intramolecular Hbond substituents is 1. The lowest BCUT2D eigenvalue weighted by Crippen LogP contribution is -2.26. The fourth-order valence-corrected chi connectivity index (χ4v) is 1.23. The Morgan fingerprint density at radius 3 is 2.43 bits per heavy atom. The van der Waals surface area contributed by atoms with Crippen LogP contribution in [0.25, 0.3) is 0 Å². The van der Waals surface area contributed by atoms with Gasteiger partial charge in [0.2, 0.25) is 0 Å². The maximum atomic E-state index is 10.3. The summed E-state index contributed by atoms with van der Waals surface area (Å²) in [6, 6.07) is 6.21. The topological polar surface area (TPSA) is 83.6 Å². The smallest absolute Gasteiger partial charge is 0.304 e. The van der Waals surface area contributed by atoms with Crippen LogP contribution in [0.3, 0.4) is 0 Å². The van der Waals surface area contributed by atoms with Crippen molar-refractivity contribution >= 4 is 5.97 Å². The predicted octanol–water partition coefficient (Wildman–Crippen LogP) is 0.737. The molecule has 1 rings (SSSR count). The van der Waals surface area contributed by atoms with E-state index in [0.29, 0.717) is 6.42 Å². The van der Waals surface area contributed by atoms with E-state index in [-0.39, 0.29) is 18.2 Å². The van der Waals surface area contributed by atoms with Crippen molar-refractivity contribution in [3.8, 4) is 5.75 Å². The average Bonchev–Trinajstić information content (AvgIpc) is 2.07. The van der Waals surface area contributed by atoms with E-state index >= 15 is 0 Å². The molecule has 0 aliphatic rings. The molecule has 4 heteroatoms. The summed E-state index contributed by atoms with van der Waals surface area (Å²) in [5.41, 5.74) is 6.53. The van der Waals surface area contributed by atoms with Gasteiger partial charge in [-0.25, -0.2) is 0 Å². The standard InChI is InChI=1S/C10H13NO3/c11-8(6-10(13)14)5-7-1-3-9(12)4-2-7/h1-4,8,12H,5-6,11H2,(H,13,14). The van der Waals surface area contributed by atoms with Crippen molar-refractivity contribution < 1.29 is 15.0 Å². The van der Waals surface area contributed by atoms with Gasteiger partial charge in [-0.1, -0.05) is 12.1 Å². The molecule has 1 unspecified atom stereocenters. The first kappa shape index (κ1) is 10.5. The Bertz CT molecular complexity index is 308. The normalized spacial score (nSPS) is 12.4. The third-order valence-corrected chi connectivity index (χ3v) is 1.87. The van der Waals surface area contributed by atoms with Crippen LogP contribution >= 0.6 is 0 Å². The number of nitrogens with two attached hydrogens (primary N) is 1. The van der Waals surface area contributed by atoms with Crippen LogP contribution in [0.4, 0.5) is 0 Å². The van der Waals surface area contributed by atoms with Gasteiger partial charge < -0.3 is 15.9 Å². The van der Waals surface area contributed by atoms with E-state index in [9.17, 15) is 4.79 Å². The van der Waals surface area contributed by atoms with E-state index in [1.165, 1.54) is 0 Å². The Morgan fingerprint density at radius 2 is 1.93 bits per heavy atom. The molecule has 0 aromatic heterocycles. The van der Waals surface area contributed by atoms with Crippen molar-refractivity contribution in [3.05, 3.63) is 29.8 Å². The minimum atomic E-state index is -0.892. The van der Waals surface area contributed by atoms with Crippen molar-refractivity contribution in [1.29, 1.82) is 0 Å². The number of hydrogen-bond donors (Lipinski definition) is 3. The van der Waals surface area contributed by atoms with Gasteiger partial charge in [0.15, 0.2) is 0 Å². The van der Waals surface area contributed by atoms with Gasteiger partial charge in [0.1, 0.15) is 5.75 Å². The molecule has 14 heavy (non-hydrogen) atoms. The molecule has 0 aliphatic heterocycles. The van der Waals surface area contributed by atoms with Gasteiger partial charge in [0.05, 0.1) is 6.42 Å². The van der Waals surface area contributed by atoms with Gasteiger partial charge in [-0.3, -0.25) is 4.79 Å². The zero-order chi connectivity index (χ0) is 10.6. The highest BCUT2D eigenvalue weighted by Gasteiger charge is 2.08. The third-order valence-electron chi connectivity index (χ3n) is 1.87. The van der Waals surface area contributed by atoms with Gasteiger partial charge >= 0.3 is 5.97 Å². The lowest BCUT2D eigenvalue weighted by atomic mass is 10.0. The van der Waals surface area contributed by atoms with E-state index in [0.717, 1.165) is 5.56 Å². The number of rotatable bonds is 4. The van der Waals surface area contributed by atoms with E-state index in [1.807, 2.05) is 0 Å². The van der Waals surface area contributed by atoms with Crippen molar-refractivity contribution in [2.75, 3.05) is 0 Å². The number of aliphatic carboxylic acids is 1. The molecule has 76 valence electrons. The summed E-state index contributed by atoms with van der Waals surface area (Å²) in [7, 11) is 0. The summed E-state index contributed by atoms with van der Waals surface area (Å²) in [6.07, 6.45) is 0.466. The van der Waals surface area contributed by atoms with Gasteiger partial charge in [0, 0.05) is 6.04 Å². The first-order chi connectivity index (χ1) is 6.58. The molecule has 0 spiro atoms. The molecule has 4 N–H and O–H groups in total. The molecule has 0 aliphatic carbocycles. The molecular weight excluding hydrogens is 182 g/mol. The highest BCUT2D eigenvalue weighted by Crippen LogP contribution is 2.11. The predicted molar refractivity (Wildman–Crippen MR) is 52.0 cm³/mol. The minimum Gasteiger partial charge on any atom is -0.508 e. The number of carboxylic acids is 1. The SMILES string of the molecule is NC(CC(=O)O)Cc1ccc(O)cc1. The summed E-state index contributed by atoms with van der Waals surface area (Å²) in [5, 5.41) is 17.5. The maximum Gasteiger partial charge on any atom is 0.304 e. The van der Waals surface area contributed by atoms with Gasteiger partial charge in [-0.2, -0.15) is 0 Å². The fourth-order valence-electron chi connectivity index (χ4n) is 1.23. The van der Waals surface area contributed by atoms with Crippen LogP contribution in [0.15, 0.2) is 24.3 Å². The monoisotopic (exact) mass is 195 g/mol. The molecule has 4 nitrogen and oxygen atoms in total. The third kappa shape index (κ3) is 3.45. The van der Waals surface area contributed by atoms with Crippen LogP contribution < -0.4 is 5.73 Å². The largest absolute Gasteiger partial charge is 0.508 e. The van der Waals surface area contributed by atoms with Crippen LogP contribution in [0.1, 0.15) is 12.0 Å². The molecule has 1 aromatic carbocycles. The zero-order valence-corrected chi connectivity index (χ0v) is 7.68. The van der Waals surface area contributed by atoms with Crippen molar-refractivity contribution in [3.63, 3.8) is 0 Å². The van der Waals surface area contributed by atoms with Crippen LogP contribution in [0.2, 0.25) is 0 Å². The van der Waals surface area contributed by atoms with E-state index < -0.39 is 5.97 Å². The lowest BCUT2D eigenvalue weighted by Gasteiger charge is -2.08. The molecule has 0 heterocycles. The Labute approximate surface area is 82.0 Å². The number of hydrogen-bond acceptors (Lipinski definition) is 3. The molecule has 1 atom stereocenters. The quantitative estimate of drug-likeness (QED) is 0.661. The Kier molecular flexibility index (Phi) is 3.48. The van der Waals surface area contributed by atoms with Crippen LogP contribution in [0.5, 0.6) is 5.75 Å². The zero-order valence-electron chi connectivity index (χ0n) is 7.68. The van der Waals surface area contributed by atoms with E-state index in [1.54, 1.807) is 24.3 Å². The number of carbonyl (C=O) groups is 1. The minimum absolute atomic E-state index is 0.0408. The van der Waals surface area contributed by atoms with Crippen molar-refractivity contribution in [1.82, 2.24) is 0 Å². The molecule has 0 saturated heterocycles. The number of carboxylic acid groups (broad SMARTS) is 1. The maximum absolute atomic E-state index is 10.3. The highest BCUT2D eigenvalue weighted by molar-refractivity contribution is 5.67. The van der Waals surface area contributed by atoms with Crippen molar-refractivity contribution in [2.24, 2.45) is 5.73 Å². The molecular formula is C10H13NO3. The number of benzene rings is 1. The molecule has 0 amide bonds. The first-order valence-electron chi connectivity index (χ1n) is 4.33. The molecule has 0 saturated carbocycles. The van der Waals surface area contributed by atoms with Crippen molar-refractivity contribution in [2.45, 2.75) is 18.9 Å². The second kappa shape index (κ2) is 4.62. The molecule has 0 fully saturated rings. The van der Waals surface area contributed by atoms with Gasteiger partial charge in [-0.05, 0) is 24.1 Å². The second-order valence-corrected chi connectivity index (χ2v) is 3.23. The summed E-state index contributed by atoms with van der Waals surface area (Å²) in [5.74, 6) is -0.697. The van der Waals surface area contributed by atoms with Gasteiger partial charge in [-0.15, -0.1) is 0 Å². The molecule has 0 radical (unpaired) electrons. The second-order valence-electron chi connectivity index (χ2n) is 3.23. The highest BCUT2D eigenvalue weighted by atomic mass is 16.4. The average molecular weight is 195 g/mol. The number of phenols is 1. The van der Waals surface area contributed by atoms with Crippen LogP contribution in [0, 0.1) is 0 Å². The fraction of sp³-hybridized carbons (Fsp3) is 0.300. The van der Waals surface area contributed by atoms with E-state index in [2.05, 4.69) is 0 Å². The Morgan fingerprint density at radius 1 is 1.36 bits per heavy atom. The number of aromatic hydroxyl groups is 1. The Hall–Kier alpha value is -1.55. The van der Waals surface area contributed by atoms with E-state index in [4.69, 9.17) is 15.9 Å². The summed E-state index contributed by atoms with van der Waals surface area (Å²) in [4.78, 5) is 10.3. The summed E-state index contributed by atoms with van der Waals surface area (Å²) < 4.78 is 0. The van der Waals surface area contributed by atoms with Crippen LogP contribution in [-0.4, -0.2) is 22.2 Å². The summed E-state index contributed by atoms with van der Waals surface area (Å²) >= 11 is 0. The molecule has 0 bridgehead atoms. The van der Waals surface area contributed by atoms with Gasteiger partial charge in [0.25, 0.3) is 0 Å². The first-order valence-corrected chi connectivity index (χ1v) is 4.33. The summed E-state index contributed by atoms with van der Waals surface area (Å²) in [6.45, 7) is 0. The molecule has 1 aromatic rings.